The van der Waals surface area contributed by atoms with Crippen LogP contribution in [0.1, 0.15) is 48.7 Å². The van der Waals surface area contributed by atoms with Crippen molar-refractivity contribution in [1.82, 2.24) is 4.90 Å². The van der Waals surface area contributed by atoms with Crippen LogP contribution in [0.3, 0.4) is 0 Å². The second kappa shape index (κ2) is 5.85. The molecule has 0 N–H and O–H groups in total. The van der Waals surface area contributed by atoms with Crippen LogP contribution in [-0.4, -0.2) is 23.4 Å². The van der Waals surface area contributed by atoms with Crippen LogP contribution in [0.4, 0.5) is 13.2 Å². The fraction of sp³-hybridized carbons (Fsp3) is 0.409. The average Bonchev–Trinajstić information content (AvgIpc) is 2.62. The number of carbonyl (C=O) groups excluding carboxylic acids is 1. The molecule has 1 saturated heterocycles. The van der Waals surface area contributed by atoms with Gasteiger partial charge in [0.05, 0.1) is 0 Å². The van der Waals surface area contributed by atoms with Gasteiger partial charge in [-0.3, -0.25) is 4.79 Å². The van der Waals surface area contributed by atoms with E-state index in [9.17, 15) is 18.0 Å². The Balaban J connectivity index is 1.77. The predicted octanol–water partition coefficient (Wildman–Crippen LogP) is 4.86. The molecule has 2 aromatic carbocycles. The zero-order chi connectivity index (χ0) is 19.6. The lowest BCUT2D eigenvalue weighted by molar-refractivity contribution is -0.0262. The third-order valence-corrected chi connectivity index (χ3v) is 7.00. The van der Waals surface area contributed by atoms with Gasteiger partial charge in [-0.15, -0.1) is 0 Å². The zero-order valence-corrected chi connectivity index (χ0v) is 15.7. The Kier molecular flexibility index (Phi) is 3.92. The number of halogens is 3. The van der Waals surface area contributed by atoms with Crippen LogP contribution in [0.25, 0.3) is 0 Å². The van der Waals surface area contributed by atoms with Gasteiger partial charge in [0, 0.05) is 23.6 Å². The molecule has 1 fully saturated rings. The van der Waals surface area contributed by atoms with E-state index in [0.717, 1.165) is 18.6 Å². The number of nitrogens with zero attached hydrogens (tertiary/aromatic N) is 1. The van der Waals surface area contributed by atoms with E-state index < -0.39 is 23.4 Å². The van der Waals surface area contributed by atoms with Gasteiger partial charge >= 0.3 is 0 Å². The zero-order valence-electron chi connectivity index (χ0n) is 15.7. The van der Waals surface area contributed by atoms with Crippen LogP contribution < -0.4 is 0 Å². The van der Waals surface area contributed by atoms with Crippen molar-refractivity contribution in [2.24, 2.45) is 5.41 Å². The summed E-state index contributed by atoms with van der Waals surface area (Å²) in [7, 11) is 0. The van der Waals surface area contributed by atoms with Crippen molar-refractivity contribution in [3.63, 3.8) is 0 Å². The predicted molar refractivity (Wildman–Crippen MR) is 97.0 cm³/mol. The van der Waals surface area contributed by atoms with Crippen LogP contribution in [0.2, 0.25) is 0 Å². The molecule has 142 valence electrons. The van der Waals surface area contributed by atoms with Crippen LogP contribution in [0.15, 0.2) is 36.4 Å². The largest absolute Gasteiger partial charge is 0.335 e. The number of carbonyl (C=O) groups is 1. The summed E-state index contributed by atoms with van der Waals surface area (Å²) in [6.45, 7) is 7.03. The molecule has 2 atom stereocenters. The van der Waals surface area contributed by atoms with Crippen LogP contribution in [-0.2, 0) is 11.8 Å². The maximum atomic E-state index is 13.6. The van der Waals surface area contributed by atoms with E-state index in [-0.39, 0.29) is 22.4 Å². The lowest BCUT2D eigenvalue weighted by Gasteiger charge is -2.60. The van der Waals surface area contributed by atoms with E-state index in [1.165, 1.54) is 11.1 Å². The number of piperidine rings is 1. The molecule has 27 heavy (non-hydrogen) atoms. The SMILES string of the molecule is CC1(C)C2Cc3ccccc3[C@]1(C)CCN2C(=O)c1cc(F)c(F)c(F)c1. The molecule has 0 saturated carbocycles. The Labute approximate surface area is 157 Å². The molecule has 2 bridgehead atoms. The first-order chi connectivity index (χ1) is 12.7. The highest BCUT2D eigenvalue weighted by atomic mass is 19.2. The quantitative estimate of drug-likeness (QED) is 0.654. The van der Waals surface area contributed by atoms with Crippen molar-refractivity contribution in [2.45, 2.75) is 45.1 Å². The lowest BCUT2D eigenvalue weighted by atomic mass is 9.51. The maximum absolute atomic E-state index is 13.6. The first-order valence-electron chi connectivity index (χ1n) is 9.21. The summed E-state index contributed by atoms with van der Waals surface area (Å²) < 4.78 is 40.6. The molecule has 1 unspecified atom stereocenters. The minimum Gasteiger partial charge on any atom is -0.335 e. The molecule has 1 heterocycles. The summed E-state index contributed by atoms with van der Waals surface area (Å²) in [6, 6.07) is 9.76. The number of benzene rings is 2. The van der Waals surface area contributed by atoms with Gasteiger partial charge in [-0.25, -0.2) is 13.2 Å². The molecule has 1 aliphatic heterocycles. The monoisotopic (exact) mass is 373 g/mol. The first-order valence-corrected chi connectivity index (χ1v) is 9.21. The molecule has 4 rings (SSSR count). The lowest BCUT2D eigenvalue weighted by Crippen LogP contribution is -2.64. The standard InChI is InChI=1S/C22H22F3NO/c1-21(2)18-12-13-6-4-5-7-15(13)22(21,3)8-9-26(18)20(27)14-10-16(23)19(25)17(24)11-14/h4-7,10-11,18H,8-9,12H2,1-3H3/t18?,22-/m0/s1. The van der Waals surface area contributed by atoms with E-state index in [2.05, 4.69) is 32.9 Å². The highest BCUT2D eigenvalue weighted by molar-refractivity contribution is 5.94. The summed E-state index contributed by atoms with van der Waals surface area (Å²) in [6.07, 6.45) is 1.45. The Hall–Kier alpha value is -2.30. The molecular formula is C22H22F3NO. The average molecular weight is 373 g/mol. The van der Waals surface area contributed by atoms with Gasteiger partial charge in [0.25, 0.3) is 5.91 Å². The van der Waals surface area contributed by atoms with Gasteiger partial charge in [-0.1, -0.05) is 45.0 Å². The number of likely N-dealkylation sites (tertiary alicyclic amines) is 1. The number of hydrogen-bond acceptors (Lipinski definition) is 1. The minimum atomic E-state index is -1.55. The van der Waals surface area contributed by atoms with Gasteiger partial charge < -0.3 is 4.90 Å². The van der Waals surface area contributed by atoms with E-state index in [1.54, 1.807) is 4.90 Å². The smallest absolute Gasteiger partial charge is 0.254 e. The summed E-state index contributed by atoms with van der Waals surface area (Å²) in [5.74, 6) is -4.68. The topological polar surface area (TPSA) is 20.3 Å². The van der Waals surface area contributed by atoms with Crippen molar-refractivity contribution < 1.29 is 18.0 Å². The van der Waals surface area contributed by atoms with Gasteiger partial charge in [0.2, 0.25) is 0 Å². The van der Waals surface area contributed by atoms with Crippen LogP contribution >= 0.6 is 0 Å². The number of hydrogen-bond donors (Lipinski definition) is 0. The van der Waals surface area contributed by atoms with Crippen molar-refractivity contribution in [3.8, 4) is 0 Å². The van der Waals surface area contributed by atoms with Gasteiger partial charge in [-0.05, 0) is 41.5 Å². The fourth-order valence-electron chi connectivity index (χ4n) is 4.96. The molecule has 0 spiro atoms. The van der Waals surface area contributed by atoms with Gasteiger partial charge in [-0.2, -0.15) is 0 Å². The fourth-order valence-corrected chi connectivity index (χ4v) is 4.96. The van der Waals surface area contributed by atoms with Crippen molar-refractivity contribution in [2.75, 3.05) is 6.54 Å². The summed E-state index contributed by atoms with van der Waals surface area (Å²) in [4.78, 5) is 14.8. The third-order valence-electron chi connectivity index (χ3n) is 7.00. The highest BCUT2D eigenvalue weighted by Gasteiger charge is 2.56. The Morgan fingerprint density at radius 3 is 2.37 bits per heavy atom. The van der Waals surface area contributed by atoms with Gasteiger partial charge in [0.15, 0.2) is 17.5 Å². The molecule has 2 nitrogen and oxygen atoms in total. The molecule has 1 amide bonds. The van der Waals surface area contributed by atoms with Crippen molar-refractivity contribution >= 4 is 5.91 Å². The van der Waals surface area contributed by atoms with Crippen molar-refractivity contribution in [1.29, 1.82) is 0 Å². The summed E-state index contributed by atoms with van der Waals surface area (Å²) >= 11 is 0. The number of rotatable bonds is 1. The molecule has 2 aliphatic rings. The molecule has 2 aromatic rings. The normalized spacial score (nSPS) is 25.9. The van der Waals surface area contributed by atoms with E-state index in [1.807, 2.05) is 12.1 Å². The van der Waals surface area contributed by atoms with E-state index in [0.29, 0.717) is 13.0 Å². The second-order valence-corrected chi connectivity index (χ2v) is 8.43. The molecule has 5 heteroatoms. The molecular weight excluding hydrogens is 351 g/mol. The minimum absolute atomic E-state index is 0.0947. The number of amides is 1. The Morgan fingerprint density at radius 2 is 1.70 bits per heavy atom. The molecule has 1 aliphatic carbocycles. The van der Waals surface area contributed by atoms with E-state index >= 15 is 0 Å². The first kappa shape index (κ1) is 18.1. The highest BCUT2D eigenvalue weighted by Crippen LogP contribution is 2.56. The van der Waals surface area contributed by atoms with E-state index in [4.69, 9.17) is 0 Å². The third kappa shape index (κ3) is 2.43. The Morgan fingerprint density at radius 1 is 1.07 bits per heavy atom. The maximum Gasteiger partial charge on any atom is 0.254 e. The number of fused-ring (bicyclic) bond motifs is 4. The van der Waals surface area contributed by atoms with Crippen LogP contribution in [0, 0.1) is 22.9 Å². The summed E-state index contributed by atoms with van der Waals surface area (Å²) in [5.41, 5.74) is 2.06. The van der Waals surface area contributed by atoms with Crippen LogP contribution in [0.5, 0.6) is 0 Å². The molecule has 0 radical (unpaired) electrons. The second-order valence-electron chi connectivity index (χ2n) is 8.43. The van der Waals surface area contributed by atoms with Crippen molar-refractivity contribution in [3.05, 3.63) is 70.5 Å². The molecule has 0 aromatic heterocycles. The Bertz CT molecular complexity index is 916. The summed E-state index contributed by atoms with van der Waals surface area (Å²) in [5, 5.41) is 0. The van der Waals surface area contributed by atoms with Gasteiger partial charge in [0.1, 0.15) is 0 Å².